The highest BCUT2D eigenvalue weighted by atomic mass is 16.2. The summed E-state index contributed by atoms with van der Waals surface area (Å²) in [4.78, 5) is 13.2. The van der Waals surface area contributed by atoms with Gasteiger partial charge >= 0.3 is 0 Å². The number of fused-ring (bicyclic) bond motifs is 1. The summed E-state index contributed by atoms with van der Waals surface area (Å²) in [6.07, 6.45) is 11.2. The van der Waals surface area contributed by atoms with E-state index in [1.165, 1.54) is 16.8 Å². The van der Waals surface area contributed by atoms with Crippen LogP contribution in [0.2, 0.25) is 0 Å². The molecule has 0 saturated heterocycles. The molecular formula is C14H17N3O. The molecule has 0 aromatic heterocycles. The third-order valence-electron chi connectivity index (χ3n) is 3.68. The van der Waals surface area contributed by atoms with Gasteiger partial charge in [-0.05, 0) is 35.9 Å². The quantitative estimate of drug-likeness (QED) is 0.723. The van der Waals surface area contributed by atoms with E-state index in [1.54, 1.807) is 6.92 Å². The first-order valence-electron chi connectivity index (χ1n) is 6.30. The predicted molar refractivity (Wildman–Crippen MR) is 70.3 cm³/mol. The van der Waals surface area contributed by atoms with Gasteiger partial charge in [0, 0.05) is 31.9 Å². The molecule has 0 spiro atoms. The number of amides is 1. The Morgan fingerprint density at radius 3 is 3.11 bits per heavy atom. The fourth-order valence-electron chi connectivity index (χ4n) is 2.62. The van der Waals surface area contributed by atoms with Crippen molar-refractivity contribution < 1.29 is 4.79 Å². The number of nitrogens with zero attached hydrogens (tertiary/aromatic N) is 1. The van der Waals surface area contributed by atoms with Crippen LogP contribution in [0.5, 0.6) is 0 Å². The first kappa shape index (κ1) is 11.1. The number of carbonyl (C=O) groups excluding carboxylic acids is 1. The molecule has 0 bridgehead atoms. The number of rotatable bonds is 1. The van der Waals surface area contributed by atoms with Crippen molar-refractivity contribution in [1.82, 2.24) is 15.5 Å². The van der Waals surface area contributed by atoms with Crippen LogP contribution in [0, 0.1) is 0 Å². The van der Waals surface area contributed by atoms with Gasteiger partial charge < -0.3 is 15.5 Å². The van der Waals surface area contributed by atoms with Gasteiger partial charge in [0.05, 0.1) is 6.04 Å². The van der Waals surface area contributed by atoms with Crippen LogP contribution in [0.25, 0.3) is 0 Å². The van der Waals surface area contributed by atoms with Gasteiger partial charge in [0.25, 0.3) is 0 Å². The predicted octanol–water partition coefficient (Wildman–Crippen LogP) is 1.02. The van der Waals surface area contributed by atoms with E-state index in [9.17, 15) is 4.79 Å². The van der Waals surface area contributed by atoms with E-state index in [0.717, 1.165) is 19.5 Å². The maximum Gasteiger partial charge on any atom is 0.219 e. The van der Waals surface area contributed by atoms with Crippen LogP contribution in [0.15, 0.2) is 47.5 Å². The fraction of sp³-hybridized carbons (Fsp3) is 0.357. The molecule has 94 valence electrons. The zero-order valence-corrected chi connectivity index (χ0v) is 10.4. The molecule has 0 saturated carbocycles. The molecule has 4 nitrogen and oxygen atoms in total. The second kappa shape index (κ2) is 4.37. The number of dihydropyridines is 1. The molecule has 3 aliphatic rings. The number of hydrogen-bond acceptors (Lipinski definition) is 3. The second-order valence-electron chi connectivity index (χ2n) is 4.77. The molecule has 18 heavy (non-hydrogen) atoms. The van der Waals surface area contributed by atoms with Crippen LogP contribution in [0.4, 0.5) is 0 Å². The summed E-state index contributed by atoms with van der Waals surface area (Å²) in [5, 5.41) is 6.67. The third kappa shape index (κ3) is 1.83. The van der Waals surface area contributed by atoms with Crippen LogP contribution in [0.3, 0.4) is 0 Å². The monoisotopic (exact) mass is 243 g/mol. The summed E-state index contributed by atoms with van der Waals surface area (Å²) in [6, 6.07) is 0.255. The Bertz CT molecular complexity index is 499. The minimum absolute atomic E-state index is 0.156. The first-order chi connectivity index (χ1) is 8.75. The summed E-state index contributed by atoms with van der Waals surface area (Å²) < 4.78 is 0. The van der Waals surface area contributed by atoms with Crippen molar-refractivity contribution in [1.29, 1.82) is 0 Å². The van der Waals surface area contributed by atoms with Crippen molar-refractivity contribution in [3.63, 3.8) is 0 Å². The normalized spacial score (nSPS) is 25.5. The molecule has 0 aromatic carbocycles. The van der Waals surface area contributed by atoms with E-state index < -0.39 is 0 Å². The van der Waals surface area contributed by atoms with Gasteiger partial charge in [0.1, 0.15) is 0 Å². The van der Waals surface area contributed by atoms with Crippen molar-refractivity contribution in [2.24, 2.45) is 0 Å². The van der Waals surface area contributed by atoms with Crippen LogP contribution >= 0.6 is 0 Å². The molecule has 0 aliphatic carbocycles. The van der Waals surface area contributed by atoms with Crippen molar-refractivity contribution >= 4 is 5.91 Å². The van der Waals surface area contributed by atoms with Crippen LogP contribution in [0.1, 0.15) is 13.3 Å². The average Bonchev–Trinajstić information content (AvgIpc) is 2.82. The smallest absolute Gasteiger partial charge is 0.219 e. The number of carbonyl (C=O) groups is 1. The maximum absolute atomic E-state index is 11.3. The third-order valence-corrected chi connectivity index (χ3v) is 3.68. The SMILES string of the molecule is CC(=O)N1CC=C(C2=CNC3=CC=CNC32)CC1. The zero-order chi connectivity index (χ0) is 12.5. The standard InChI is InChI=1S/C14H17N3O/c1-10(18)17-7-4-11(5-8-17)12-9-16-13-3-2-6-15-14(12)13/h2-4,6,9,14-16H,5,7-8H2,1H3. The molecule has 1 atom stereocenters. The van der Waals surface area contributed by atoms with Gasteiger partial charge in [-0.15, -0.1) is 0 Å². The lowest BCUT2D eigenvalue weighted by Gasteiger charge is -2.28. The van der Waals surface area contributed by atoms with E-state index in [0.29, 0.717) is 0 Å². The van der Waals surface area contributed by atoms with Crippen molar-refractivity contribution in [2.45, 2.75) is 19.4 Å². The summed E-state index contributed by atoms with van der Waals surface area (Å²) in [6.45, 7) is 3.17. The van der Waals surface area contributed by atoms with Crippen molar-refractivity contribution in [3.05, 3.63) is 47.5 Å². The molecule has 0 aromatic rings. The zero-order valence-electron chi connectivity index (χ0n) is 10.4. The Labute approximate surface area is 107 Å². The van der Waals surface area contributed by atoms with Crippen LogP contribution < -0.4 is 10.6 Å². The Kier molecular flexibility index (Phi) is 2.70. The molecule has 2 N–H and O–H groups in total. The largest absolute Gasteiger partial charge is 0.379 e. The van der Waals surface area contributed by atoms with Crippen molar-refractivity contribution in [3.8, 4) is 0 Å². The van der Waals surface area contributed by atoms with Gasteiger partial charge in [-0.2, -0.15) is 0 Å². The highest BCUT2D eigenvalue weighted by Crippen LogP contribution is 2.29. The van der Waals surface area contributed by atoms with Gasteiger partial charge in [-0.25, -0.2) is 0 Å². The molecule has 0 radical (unpaired) electrons. The molecule has 1 amide bonds. The Morgan fingerprint density at radius 1 is 1.50 bits per heavy atom. The van der Waals surface area contributed by atoms with Crippen LogP contribution in [-0.4, -0.2) is 29.9 Å². The molecular weight excluding hydrogens is 226 g/mol. The Morgan fingerprint density at radius 2 is 2.39 bits per heavy atom. The van der Waals surface area contributed by atoms with E-state index in [1.807, 2.05) is 17.2 Å². The summed E-state index contributed by atoms with van der Waals surface area (Å²) >= 11 is 0. The minimum Gasteiger partial charge on any atom is -0.379 e. The van der Waals surface area contributed by atoms with E-state index in [4.69, 9.17) is 0 Å². The number of nitrogens with one attached hydrogen (secondary N) is 2. The van der Waals surface area contributed by atoms with Crippen LogP contribution in [-0.2, 0) is 4.79 Å². The molecule has 1 unspecified atom stereocenters. The van der Waals surface area contributed by atoms with Gasteiger partial charge in [0.2, 0.25) is 5.91 Å². The molecule has 4 heteroatoms. The Hall–Kier alpha value is -1.97. The van der Waals surface area contributed by atoms with E-state index in [2.05, 4.69) is 29.0 Å². The van der Waals surface area contributed by atoms with Gasteiger partial charge in [-0.3, -0.25) is 4.79 Å². The maximum atomic E-state index is 11.3. The van der Waals surface area contributed by atoms with Crippen molar-refractivity contribution in [2.75, 3.05) is 13.1 Å². The number of allylic oxidation sites excluding steroid dienone is 2. The average molecular weight is 243 g/mol. The summed E-state index contributed by atoms with van der Waals surface area (Å²) in [5.74, 6) is 0.156. The molecule has 3 heterocycles. The van der Waals surface area contributed by atoms with E-state index in [-0.39, 0.29) is 11.9 Å². The summed E-state index contributed by atoms with van der Waals surface area (Å²) in [5.41, 5.74) is 3.84. The Balaban J connectivity index is 1.76. The van der Waals surface area contributed by atoms with Gasteiger partial charge in [-0.1, -0.05) is 6.08 Å². The molecule has 3 aliphatic heterocycles. The second-order valence-corrected chi connectivity index (χ2v) is 4.77. The highest BCUT2D eigenvalue weighted by molar-refractivity contribution is 5.73. The summed E-state index contributed by atoms with van der Waals surface area (Å²) in [7, 11) is 0. The lowest BCUT2D eigenvalue weighted by molar-refractivity contribution is -0.128. The lowest BCUT2D eigenvalue weighted by Crippen LogP contribution is -2.35. The minimum atomic E-state index is 0.156. The molecule has 0 fully saturated rings. The first-order valence-corrected chi connectivity index (χ1v) is 6.30. The topological polar surface area (TPSA) is 44.4 Å². The van der Waals surface area contributed by atoms with E-state index >= 15 is 0 Å². The fourth-order valence-corrected chi connectivity index (χ4v) is 2.62. The highest BCUT2D eigenvalue weighted by Gasteiger charge is 2.28. The van der Waals surface area contributed by atoms with Gasteiger partial charge in [0.15, 0.2) is 0 Å². The lowest BCUT2D eigenvalue weighted by atomic mass is 9.94. The molecule has 3 rings (SSSR count). The number of hydrogen-bond donors (Lipinski definition) is 2.